The molecule has 0 saturated carbocycles. The first-order chi connectivity index (χ1) is 27.6. The fraction of sp³-hybridized carbons (Fsp3) is 0.127. The summed E-state index contributed by atoms with van der Waals surface area (Å²) in [4.78, 5) is 2.43. The van der Waals surface area contributed by atoms with Gasteiger partial charge in [-0.25, -0.2) is 0 Å². The summed E-state index contributed by atoms with van der Waals surface area (Å²) in [7, 11) is 0. The molecule has 0 spiro atoms. The number of rotatable bonds is 6. The van der Waals surface area contributed by atoms with Gasteiger partial charge < -0.3 is 10.0 Å². The Hall–Kier alpha value is -6.64. The van der Waals surface area contributed by atoms with E-state index in [2.05, 4.69) is 197 Å². The van der Waals surface area contributed by atoms with Gasteiger partial charge in [0, 0.05) is 33.3 Å². The number of hydrogen-bond acceptors (Lipinski definition) is 2. The molecule has 2 nitrogen and oxygen atoms in total. The second kappa shape index (κ2) is 13.0. The van der Waals surface area contributed by atoms with Gasteiger partial charge in [0.15, 0.2) is 0 Å². The van der Waals surface area contributed by atoms with E-state index in [9.17, 15) is 5.11 Å². The lowest BCUT2D eigenvalue weighted by Crippen LogP contribution is -2.18. The molecule has 0 bridgehead atoms. The predicted octanol–water partition coefficient (Wildman–Crippen LogP) is 14.8. The Morgan fingerprint density at radius 1 is 0.368 bits per heavy atom. The highest BCUT2D eigenvalue weighted by atomic mass is 16.3. The van der Waals surface area contributed by atoms with Gasteiger partial charge in [0.05, 0.1) is 5.69 Å². The topological polar surface area (TPSA) is 23.5 Å². The highest BCUT2D eigenvalue weighted by Gasteiger charge is 2.38. The first-order valence-electron chi connectivity index (χ1n) is 20.0. The number of phenolic OH excluding ortho intramolecular Hbond substituents is 1. The van der Waals surface area contributed by atoms with Gasteiger partial charge in [-0.1, -0.05) is 167 Å². The fourth-order valence-electron chi connectivity index (χ4n) is 9.69. The molecule has 8 aromatic carbocycles. The van der Waals surface area contributed by atoms with Crippen LogP contribution in [0.5, 0.6) is 5.75 Å². The molecular weight excluding hydrogens is 691 g/mol. The molecule has 0 radical (unpaired) electrons. The van der Waals surface area contributed by atoms with Crippen LogP contribution in [-0.4, -0.2) is 5.11 Å². The first kappa shape index (κ1) is 34.8. The van der Waals surface area contributed by atoms with E-state index in [1.807, 2.05) is 18.2 Å². The lowest BCUT2D eigenvalue weighted by molar-refractivity contribution is 0.477. The highest BCUT2D eigenvalue weighted by molar-refractivity contribution is 5.95. The molecule has 2 heteroatoms. The van der Waals surface area contributed by atoms with Crippen LogP contribution in [0.3, 0.4) is 0 Å². The average Bonchev–Trinajstić information content (AvgIpc) is 3.61. The van der Waals surface area contributed by atoms with Gasteiger partial charge in [-0.15, -0.1) is 0 Å². The highest BCUT2D eigenvalue weighted by Crippen LogP contribution is 2.54. The predicted molar refractivity (Wildman–Crippen MR) is 239 cm³/mol. The summed E-state index contributed by atoms with van der Waals surface area (Å²) in [5, 5.41) is 12.0. The van der Waals surface area contributed by atoms with Crippen LogP contribution in [0.1, 0.15) is 55.5 Å². The van der Waals surface area contributed by atoms with Crippen molar-refractivity contribution in [1.29, 1.82) is 0 Å². The number of benzene rings is 8. The van der Waals surface area contributed by atoms with Crippen molar-refractivity contribution in [2.45, 2.75) is 45.4 Å². The summed E-state index contributed by atoms with van der Waals surface area (Å²) in [5.41, 5.74) is 20.6. The van der Waals surface area contributed by atoms with Crippen molar-refractivity contribution in [2.24, 2.45) is 0 Å². The lowest BCUT2D eigenvalue weighted by atomic mass is 9.82. The van der Waals surface area contributed by atoms with Gasteiger partial charge >= 0.3 is 0 Å². The standard InChI is InChI=1S/C55H45NO/c1-35-30-38(36-16-8-6-9-17-36)24-27-41(35)47-33-52(46(34-53(47)57)37-18-10-7-11-19-37)56(39-25-28-44-42-20-12-14-22-48(42)54(2,3)50(44)31-39)40-26-29-45-43-21-13-15-23-49(43)55(4,5)51(45)32-40/h6-34,57H,1-5H3. The second-order valence-corrected chi connectivity index (χ2v) is 16.8. The molecule has 0 atom stereocenters. The van der Waals surface area contributed by atoms with Crippen molar-refractivity contribution in [3.63, 3.8) is 0 Å². The van der Waals surface area contributed by atoms with Crippen LogP contribution in [0.25, 0.3) is 55.6 Å². The van der Waals surface area contributed by atoms with Gasteiger partial charge in [-0.3, -0.25) is 0 Å². The third-order valence-corrected chi connectivity index (χ3v) is 12.7. The molecular formula is C55H45NO. The van der Waals surface area contributed by atoms with E-state index in [1.54, 1.807) is 0 Å². The van der Waals surface area contributed by atoms with E-state index >= 15 is 0 Å². The van der Waals surface area contributed by atoms with Crippen molar-refractivity contribution in [1.82, 2.24) is 0 Å². The zero-order chi connectivity index (χ0) is 39.1. The number of aryl methyl sites for hydroxylation is 1. The maximum atomic E-state index is 12.0. The molecule has 57 heavy (non-hydrogen) atoms. The zero-order valence-corrected chi connectivity index (χ0v) is 33.1. The number of hydrogen-bond donors (Lipinski definition) is 1. The van der Waals surface area contributed by atoms with E-state index in [-0.39, 0.29) is 16.6 Å². The maximum absolute atomic E-state index is 12.0. The number of phenols is 1. The Kier molecular flexibility index (Phi) is 7.92. The average molecular weight is 736 g/mol. The monoisotopic (exact) mass is 735 g/mol. The van der Waals surface area contributed by atoms with Gasteiger partial charge in [0.1, 0.15) is 5.75 Å². The molecule has 0 aliphatic heterocycles. The second-order valence-electron chi connectivity index (χ2n) is 16.8. The first-order valence-corrected chi connectivity index (χ1v) is 20.0. The van der Waals surface area contributed by atoms with Crippen molar-refractivity contribution < 1.29 is 5.11 Å². The minimum Gasteiger partial charge on any atom is -0.507 e. The quantitative estimate of drug-likeness (QED) is 0.184. The molecule has 1 N–H and O–H groups in total. The Labute approximate surface area is 336 Å². The summed E-state index contributed by atoms with van der Waals surface area (Å²) in [6.45, 7) is 11.5. The van der Waals surface area contributed by atoms with E-state index in [1.165, 1.54) is 50.1 Å². The summed E-state index contributed by atoms with van der Waals surface area (Å²) in [5.74, 6) is 0.254. The Morgan fingerprint density at radius 2 is 0.842 bits per heavy atom. The molecule has 0 aromatic heterocycles. The third-order valence-electron chi connectivity index (χ3n) is 12.7. The van der Waals surface area contributed by atoms with Crippen LogP contribution in [0, 0.1) is 6.92 Å². The van der Waals surface area contributed by atoms with Crippen LogP contribution in [0.2, 0.25) is 0 Å². The summed E-state index contributed by atoms with van der Waals surface area (Å²) < 4.78 is 0. The van der Waals surface area contributed by atoms with Crippen LogP contribution in [-0.2, 0) is 10.8 Å². The van der Waals surface area contributed by atoms with E-state index < -0.39 is 0 Å². The maximum Gasteiger partial charge on any atom is 0.124 e. The van der Waals surface area contributed by atoms with Gasteiger partial charge in [-0.05, 0) is 116 Å². The molecule has 0 saturated heterocycles. The smallest absolute Gasteiger partial charge is 0.124 e. The molecule has 0 unspecified atom stereocenters. The van der Waals surface area contributed by atoms with E-state index in [4.69, 9.17) is 0 Å². The van der Waals surface area contributed by atoms with Crippen molar-refractivity contribution in [3.05, 3.63) is 204 Å². The van der Waals surface area contributed by atoms with Crippen LogP contribution >= 0.6 is 0 Å². The summed E-state index contributed by atoms with van der Waals surface area (Å²) in [6, 6.07) is 63.4. The summed E-state index contributed by atoms with van der Waals surface area (Å²) >= 11 is 0. The number of aromatic hydroxyl groups is 1. The molecule has 0 heterocycles. The van der Waals surface area contributed by atoms with Crippen molar-refractivity contribution in [3.8, 4) is 61.4 Å². The van der Waals surface area contributed by atoms with E-state index in [0.29, 0.717) is 0 Å². The SMILES string of the molecule is Cc1cc(-c2ccccc2)ccc1-c1cc(N(c2ccc3c(c2)C(C)(C)c2ccccc2-3)c2ccc3c(c2)C(C)(C)c2ccccc2-3)c(-c2ccccc2)cc1O. The number of fused-ring (bicyclic) bond motifs is 6. The van der Waals surface area contributed by atoms with Gasteiger partial charge in [-0.2, -0.15) is 0 Å². The minimum atomic E-state index is -0.171. The van der Waals surface area contributed by atoms with Gasteiger partial charge in [0.2, 0.25) is 0 Å². The van der Waals surface area contributed by atoms with Gasteiger partial charge in [0.25, 0.3) is 0 Å². The largest absolute Gasteiger partial charge is 0.507 e. The Bertz CT molecular complexity index is 2760. The number of nitrogens with zero attached hydrogens (tertiary/aromatic N) is 1. The van der Waals surface area contributed by atoms with Crippen molar-refractivity contribution >= 4 is 17.1 Å². The van der Waals surface area contributed by atoms with Crippen LogP contribution in [0.4, 0.5) is 17.1 Å². The van der Waals surface area contributed by atoms with Crippen LogP contribution < -0.4 is 4.90 Å². The molecule has 0 amide bonds. The summed E-state index contributed by atoms with van der Waals surface area (Å²) in [6.07, 6.45) is 0. The molecule has 8 aromatic rings. The minimum absolute atomic E-state index is 0.171. The normalized spacial score (nSPS) is 14.1. The Morgan fingerprint density at radius 3 is 1.39 bits per heavy atom. The van der Waals surface area contributed by atoms with Crippen molar-refractivity contribution in [2.75, 3.05) is 4.90 Å². The zero-order valence-electron chi connectivity index (χ0n) is 33.1. The molecule has 276 valence electrons. The Balaban J connectivity index is 1.23. The molecule has 10 rings (SSSR count). The molecule has 0 fully saturated rings. The number of anilines is 3. The van der Waals surface area contributed by atoms with Crippen LogP contribution in [0.15, 0.2) is 176 Å². The molecule has 2 aliphatic carbocycles. The lowest BCUT2D eigenvalue weighted by Gasteiger charge is -2.32. The fourth-order valence-corrected chi connectivity index (χ4v) is 9.69. The van der Waals surface area contributed by atoms with E-state index in [0.717, 1.165) is 50.4 Å². The third kappa shape index (κ3) is 5.46. The molecule has 2 aliphatic rings.